The molecular formula is C20H22F2O3. The molecule has 25 heavy (non-hydrogen) atoms. The summed E-state index contributed by atoms with van der Waals surface area (Å²) in [6.07, 6.45) is 5.71. The second kappa shape index (κ2) is 5.18. The fourth-order valence-electron chi connectivity index (χ4n) is 5.77. The highest BCUT2D eigenvalue weighted by Gasteiger charge is 2.57. The van der Waals surface area contributed by atoms with Gasteiger partial charge in [0.25, 0.3) is 0 Å². The lowest BCUT2D eigenvalue weighted by atomic mass is 9.53. The summed E-state index contributed by atoms with van der Waals surface area (Å²) in [6.45, 7) is 0. The van der Waals surface area contributed by atoms with Crippen LogP contribution >= 0.6 is 0 Å². The average molecular weight is 348 g/mol. The molecule has 0 radical (unpaired) electrons. The fourth-order valence-corrected chi connectivity index (χ4v) is 5.77. The minimum Gasteiger partial charge on any atom is -0.489 e. The number of carbonyl (C=O) groups is 1. The Morgan fingerprint density at radius 1 is 1.16 bits per heavy atom. The van der Waals surface area contributed by atoms with E-state index in [-0.39, 0.29) is 29.4 Å². The van der Waals surface area contributed by atoms with Gasteiger partial charge in [-0.15, -0.1) is 0 Å². The van der Waals surface area contributed by atoms with E-state index in [2.05, 4.69) is 0 Å². The number of hydrogen-bond acceptors (Lipinski definition) is 2. The van der Waals surface area contributed by atoms with Crippen molar-refractivity contribution in [3.05, 3.63) is 29.1 Å². The number of aromatic carboxylic acids is 1. The molecule has 0 aliphatic heterocycles. The first-order chi connectivity index (χ1) is 11.9. The van der Waals surface area contributed by atoms with Crippen molar-refractivity contribution in [2.24, 2.45) is 17.8 Å². The molecule has 0 aromatic heterocycles. The van der Waals surface area contributed by atoms with Crippen LogP contribution < -0.4 is 4.74 Å². The number of alkyl halides is 1. The smallest absolute Gasteiger partial charge is 0.338 e. The van der Waals surface area contributed by atoms with Crippen molar-refractivity contribution < 1.29 is 23.4 Å². The highest BCUT2D eigenvalue weighted by molar-refractivity contribution is 5.88. The van der Waals surface area contributed by atoms with Gasteiger partial charge in [-0.3, -0.25) is 0 Å². The van der Waals surface area contributed by atoms with Crippen LogP contribution in [0.25, 0.3) is 0 Å². The zero-order valence-corrected chi connectivity index (χ0v) is 14.0. The van der Waals surface area contributed by atoms with Crippen LogP contribution in [0.5, 0.6) is 5.75 Å². The summed E-state index contributed by atoms with van der Waals surface area (Å²) in [5.41, 5.74) is -0.502. The quantitative estimate of drug-likeness (QED) is 0.858. The van der Waals surface area contributed by atoms with E-state index < -0.39 is 17.5 Å². The molecule has 5 saturated carbocycles. The molecule has 1 aromatic rings. The summed E-state index contributed by atoms with van der Waals surface area (Å²) < 4.78 is 35.3. The standard InChI is InChI=1S/C20H22F2O3/c21-16-6-17(14(11-1-2-11)5-15(16)19(23)24)25-18-12-3-10-4-13(18)9-20(22,7-10)8-12/h5-6,10-13,18H,1-4,7-9H2,(H,23,24)/t10?,12?,13?,18-,20+. The Bertz CT molecular complexity index is 727. The number of hydrogen-bond donors (Lipinski definition) is 1. The molecule has 5 fully saturated rings. The van der Waals surface area contributed by atoms with E-state index in [1.807, 2.05) is 0 Å². The number of rotatable bonds is 4. The third kappa shape index (κ3) is 2.54. The van der Waals surface area contributed by atoms with E-state index in [0.717, 1.165) is 31.2 Å². The maximum Gasteiger partial charge on any atom is 0.338 e. The van der Waals surface area contributed by atoms with Gasteiger partial charge in [0.15, 0.2) is 0 Å². The molecule has 134 valence electrons. The second-order valence-electron chi connectivity index (χ2n) is 8.65. The monoisotopic (exact) mass is 348 g/mol. The highest BCUT2D eigenvalue weighted by Crippen LogP contribution is 2.58. The molecule has 5 heteroatoms. The number of halogens is 2. The van der Waals surface area contributed by atoms with Gasteiger partial charge >= 0.3 is 5.97 Å². The molecule has 0 saturated heterocycles. The Morgan fingerprint density at radius 2 is 1.84 bits per heavy atom. The van der Waals surface area contributed by atoms with Crippen LogP contribution in [-0.2, 0) is 0 Å². The molecule has 6 rings (SSSR count). The van der Waals surface area contributed by atoms with Gasteiger partial charge in [0, 0.05) is 6.07 Å². The van der Waals surface area contributed by atoms with Gasteiger partial charge in [-0.1, -0.05) is 0 Å². The van der Waals surface area contributed by atoms with Crippen LogP contribution in [0.2, 0.25) is 0 Å². The molecular weight excluding hydrogens is 326 g/mol. The molecule has 4 bridgehead atoms. The Hall–Kier alpha value is -1.65. The molecule has 3 nitrogen and oxygen atoms in total. The van der Waals surface area contributed by atoms with Gasteiger partial charge in [0.1, 0.15) is 23.3 Å². The van der Waals surface area contributed by atoms with Gasteiger partial charge in [-0.25, -0.2) is 13.6 Å². The molecule has 2 unspecified atom stereocenters. The predicted molar refractivity (Wildman–Crippen MR) is 87.1 cm³/mol. The topological polar surface area (TPSA) is 46.5 Å². The van der Waals surface area contributed by atoms with Crippen molar-refractivity contribution in [3.8, 4) is 5.75 Å². The molecule has 0 amide bonds. The van der Waals surface area contributed by atoms with E-state index in [1.54, 1.807) is 0 Å². The lowest BCUT2D eigenvalue weighted by Crippen LogP contribution is -2.56. The first kappa shape index (κ1) is 15.6. The molecule has 5 aliphatic carbocycles. The van der Waals surface area contributed by atoms with Crippen LogP contribution in [0.15, 0.2) is 12.1 Å². The van der Waals surface area contributed by atoms with Gasteiger partial charge < -0.3 is 9.84 Å². The van der Waals surface area contributed by atoms with Gasteiger partial charge in [-0.2, -0.15) is 0 Å². The minimum absolute atomic E-state index is 0.0620. The van der Waals surface area contributed by atoms with Crippen LogP contribution in [0.4, 0.5) is 8.78 Å². The zero-order chi connectivity index (χ0) is 17.3. The van der Waals surface area contributed by atoms with Crippen molar-refractivity contribution >= 4 is 5.97 Å². The SMILES string of the molecule is O=C(O)c1cc(C2CC2)c(O[C@H]2C3CC4CC2C[C@@](F)(C4)C3)cc1F. The average Bonchev–Trinajstić information content (AvgIpc) is 3.33. The Morgan fingerprint density at radius 3 is 2.40 bits per heavy atom. The van der Waals surface area contributed by atoms with Gasteiger partial charge in [0.05, 0.1) is 5.56 Å². The van der Waals surface area contributed by atoms with Crippen molar-refractivity contribution in [2.75, 3.05) is 0 Å². The summed E-state index contributed by atoms with van der Waals surface area (Å²) in [5.74, 6) is -0.390. The molecule has 0 spiro atoms. The first-order valence-electron chi connectivity index (χ1n) is 9.34. The van der Waals surface area contributed by atoms with E-state index in [0.29, 0.717) is 30.9 Å². The predicted octanol–water partition coefficient (Wildman–Crippen LogP) is 4.70. The van der Waals surface area contributed by atoms with E-state index in [9.17, 15) is 18.7 Å². The molecule has 1 N–H and O–H groups in total. The van der Waals surface area contributed by atoms with Crippen molar-refractivity contribution in [1.29, 1.82) is 0 Å². The van der Waals surface area contributed by atoms with E-state index in [4.69, 9.17) is 4.74 Å². The van der Waals surface area contributed by atoms with Crippen molar-refractivity contribution in [3.63, 3.8) is 0 Å². The van der Waals surface area contributed by atoms with E-state index in [1.165, 1.54) is 12.1 Å². The second-order valence-corrected chi connectivity index (χ2v) is 8.65. The summed E-state index contributed by atoms with van der Waals surface area (Å²) in [6, 6.07) is 2.69. The van der Waals surface area contributed by atoms with Crippen LogP contribution in [0, 0.1) is 23.6 Å². The first-order valence-corrected chi connectivity index (χ1v) is 9.34. The van der Waals surface area contributed by atoms with Crippen LogP contribution in [0.1, 0.15) is 66.8 Å². The maximum absolute atomic E-state index is 14.8. The molecule has 1 aromatic carbocycles. The maximum atomic E-state index is 14.8. The Kier molecular flexibility index (Phi) is 3.23. The fraction of sp³-hybridized carbons (Fsp3) is 0.650. The summed E-state index contributed by atoms with van der Waals surface area (Å²) in [4.78, 5) is 11.2. The molecule has 2 atom stereocenters. The van der Waals surface area contributed by atoms with Gasteiger partial charge in [-0.05, 0) is 80.2 Å². The van der Waals surface area contributed by atoms with Gasteiger partial charge in [0.2, 0.25) is 0 Å². The third-order valence-corrected chi connectivity index (χ3v) is 6.72. The summed E-state index contributed by atoms with van der Waals surface area (Å²) >= 11 is 0. The number of carboxylic acids is 1. The van der Waals surface area contributed by atoms with E-state index >= 15 is 0 Å². The zero-order valence-electron chi connectivity index (χ0n) is 14.0. The summed E-state index contributed by atoms with van der Waals surface area (Å²) in [5, 5.41) is 9.18. The minimum atomic E-state index is -1.25. The molecule has 5 aliphatic rings. The third-order valence-electron chi connectivity index (χ3n) is 6.72. The van der Waals surface area contributed by atoms with Crippen LogP contribution in [0.3, 0.4) is 0 Å². The molecule has 0 heterocycles. The number of carboxylic acid groups (broad SMARTS) is 1. The lowest BCUT2D eigenvalue weighted by molar-refractivity contribution is -0.134. The van der Waals surface area contributed by atoms with Crippen molar-refractivity contribution in [1.82, 2.24) is 0 Å². The Labute approximate surface area is 145 Å². The van der Waals surface area contributed by atoms with Crippen LogP contribution in [-0.4, -0.2) is 22.8 Å². The largest absolute Gasteiger partial charge is 0.489 e. The Balaban J connectivity index is 1.46. The highest BCUT2D eigenvalue weighted by atomic mass is 19.1. The lowest BCUT2D eigenvalue weighted by Gasteiger charge is -2.56. The summed E-state index contributed by atoms with van der Waals surface area (Å²) in [7, 11) is 0. The number of ether oxygens (including phenoxy) is 1. The van der Waals surface area contributed by atoms with Crippen molar-refractivity contribution in [2.45, 2.75) is 62.6 Å². The number of benzene rings is 1. The normalized spacial score (nSPS) is 38.8.